The number of nitrogens with one attached hydrogen (secondary N) is 2. The van der Waals surface area contributed by atoms with E-state index >= 15 is 0 Å². The number of rotatable bonds is 8. The summed E-state index contributed by atoms with van der Waals surface area (Å²) in [5.74, 6) is 3.31. The quantitative estimate of drug-likeness (QED) is 0.724. The predicted octanol–water partition coefficient (Wildman–Crippen LogP) is 3.24. The summed E-state index contributed by atoms with van der Waals surface area (Å²) in [7, 11) is 0. The van der Waals surface area contributed by atoms with Crippen LogP contribution < -0.4 is 10.6 Å². The van der Waals surface area contributed by atoms with Gasteiger partial charge in [0.1, 0.15) is 0 Å². The van der Waals surface area contributed by atoms with Gasteiger partial charge in [0.05, 0.1) is 13.1 Å². The molecule has 1 rings (SSSR count). The maximum atomic E-state index is 11.7. The second kappa shape index (κ2) is 9.27. The summed E-state index contributed by atoms with van der Waals surface area (Å²) in [5, 5.41) is 6.00. The van der Waals surface area contributed by atoms with Crippen LogP contribution in [0.4, 0.5) is 0 Å². The van der Waals surface area contributed by atoms with Crippen molar-refractivity contribution in [2.45, 2.75) is 46.1 Å². The van der Waals surface area contributed by atoms with Gasteiger partial charge in [-0.1, -0.05) is 57.9 Å². The highest BCUT2D eigenvalue weighted by Gasteiger charge is 2.16. The molecule has 22 heavy (non-hydrogen) atoms. The average molecular weight is 300 g/mol. The molecule has 0 fully saturated rings. The van der Waals surface area contributed by atoms with Crippen LogP contribution in [-0.4, -0.2) is 19.0 Å². The molecular formula is C19H28N2O. The van der Waals surface area contributed by atoms with Crippen molar-refractivity contribution < 1.29 is 4.79 Å². The van der Waals surface area contributed by atoms with Crippen molar-refractivity contribution in [1.29, 1.82) is 0 Å². The standard InChI is InChI=1S/C19H28N2O/c1-6-12-20-18(22)13-21-19(14(3)4)17-10-8-16(9-11-17)15(5)7-2/h1,8-11,14-15,19,21H,7,12-13H2,2-5H3,(H,20,22). The van der Waals surface area contributed by atoms with Gasteiger partial charge in [-0.25, -0.2) is 0 Å². The van der Waals surface area contributed by atoms with Crippen molar-refractivity contribution in [3.05, 3.63) is 35.4 Å². The normalized spacial score (nSPS) is 13.5. The highest BCUT2D eigenvalue weighted by Crippen LogP contribution is 2.25. The number of benzene rings is 1. The molecule has 3 nitrogen and oxygen atoms in total. The summed E-state index contributed by atoms with van der Waals surface area (Å²) in [6.45, 7) is 9.29. The van der Waals surface area contributed by atoms with Crippen LogP contribution in [0.3, 0.4) is 0 Å². The summed E-state index contributed by atoms with van der Waals surface area (Å²) < 4.78 is 0. The number of carbonyl (C=O) groups excluding carboxylic acids is 1. The lowest BCUT2D eigenvalue weighted by atomic mass is 9.92. The minimum absolute atomic E-state index is 0.0696. The van der Waals surface area contributed by atoms with E-state index in [1.165, 1.54) is 11.1 Å². The second-order valence-corrected chi connectivity index (χ2v) is 6.06. The molecule has 2 unspecified atom stereocenters. The summed E-state index contributed by atoms with van der Waals surface area (Å²) in [6, 6.07) is 8.87. The van der Waals surface area contributed by atoms with Crippen LogP contribution in [0.15, 0.2) is 24.3 Å². The summed E-state index contributed by atoms with van der Waals surface area (Å²) in [5.41, 5.74) is 2.58. The molecule has 1 amide bonds. The van der Waals surface area contributed by atoms with Gasteiger partial charge in [0, 0.05) is 6.04 Å². The lowest BCUT2D eigenvalue weighted by molar-refractivity contribution is -0.120. The Balaban J connectivity index is 2.71. The van der Waals surface area contributed by atoms with Gasteiger partial charge in [0.15, 0.2) is 0 Å². The first kappa shape index (κ1) is 18.3. The van der Waals surface area contributed by atoms with Crippen molar-refractivity contribution in [1.82, 2.24) is 10.6 Å². The van der Waals surface area contributed by atoms with E-state index in [-0.39, 0.29) is 25.0 Å². The summed E-state index contributed by atoms with van der Waals surface area (Å²) >= 11 is 0. The smallest absolute Gasteiger partial charge is 0.234 e. The van der Waals surface area contributed by atoms with Gasteiger partial charge in [-0.3, -0.25) is 4.79 Å². The zero-order chi connectivity index (χ0) is 16.5. The molecule has 0 aromatic heterocycles. The first-order valence-electron chi connectivity index (χ1n) is 8.03. The molecule has 1 aromatic carbocycles. The molecule has 0 aliphatic rings. The molecule has 1 aromatic rings. The third kappa shape index (κ3) is 5.54. The molecule has 0 aliphatic carbocycles. The highest BCUT2D eigenvalue weighted by molar-refractivity contribution is 5.78. The van der Waals surface area contributed by atoms with Gasteiger partial charge in [0.25, 0.3) is 0 Å². The van der Waals surface area contributed by atoms with Crippen molar-refractivity contribution in [3.8, 4) is 12.3 Å². The molecule has 0 bridgehead atoms. The van der Waals surface area contributed by atoms with Crippen LogP contribution in [0.25, 0.3) is 0 Å². The average Bonchev–Trinajstić information content (AvgIpc) is 2.52. The van der Waals surface area contributed by atoms with E-state index < -0.39 is 0 Å². The number of hydrogen-bond donors (Lipinski definition) is 2. The van der Waals surface area contributed by atoms with Gasteiger partial charge in [0.2, 0.25) is 5.91 Å². The Morgan fingerprint density at radius 2 is 1.77 bits per heavy atom. The van der Waals surface area contributed by atoms with Crippen molar-refractivity contribution in [3.63, 3.8) is 0 Å². The SMILES string of the molecule is C#CCNC(=O)CNC(c1ccc(C(C)CC)cc1)C(C)C. The molecule has 120 valence electrons. The van der Waals surface area contributed by atoms with E-state index in [2.05, 4.69) is 68.5 Å². The van der Waals surface area contributed by atoms with E-state index in [0.717, 1.165) is 6.42 Å². The van der Waals surface area contributed by atoms with Crippen LogP contribution in [0.5, 0.6) is 0 Å². The summed E-state index contributed by atoms with van der Waals surface area (Å²) in [4.78, 5) is 11.7. The Bertz CT molecular complexity index is 499. The van der Waals surface area contributed by atoms with Crippen LogP contribution in [0.1, 0.15) is 57.2 Å². The lowest BCUT2D eigenvalue weighted by Gasteiger charge is -2.23. The fourth-order valence-electron chi connectivity index (χ4n) is 2.42. The predicted molar refractivity (Wildman–Crippen MR) is 92.6 cm³/mol. The first-order chi connectivity index (χ1) is 10.5. The fraction of sp³-hybridized carbons (Fsp3) is 0.526. The third-order valence-electron chi connectivity index (χ3n) is 4.01. The third-order valence-corrected chi connectivity index (χ3v) is 4.01. The Kier molecular flexibility index (Phi) is 7.70. The molecule has 3 heteroatoms. The zero-order valence-electron chi connectivity index (χ0n) is 14.1. The van der Waals surface area contributed by atoms with Gasteiger partial charge in [-0.15, -0.1) is 6.42 Å². The molecule has 0 heterocycles. The van der Waals surface area contributed by atoms with Crippen LogP contribution >= 0.6 is 0 Å². The van der Waals surface area contributed by atoms with Crippen molar-refractivity contribution in [2.24, 2.45) is 5.92 Å². The van der Waals surface area contributed by atoms with Crippen molar-refractivity contribution in [2.75, 3.05) is 13.1 Å². The minimum Gasteiger partial charge on any atom is -0.344 e. The number of terminal acetylenes is 1. The van der Waals surface area contributed by atoms with Crippen LogP contribution in [-0.2, 0) is 4.79 Å². The highest BCUT2D eigenvalue weighted by atomic mass is 16.1. The molecule has 0 saturated carbocycles. The second-order valence-electron chi connectivity index (χ2n) is 6.06. The van der Waals surface area contributed by atoms with E-state index in [0.29, 0.717) is 11.8 Å². The lowest BCUT2D eigenvalue weighted by Crippen LogP contribution is -2.37. The van der Waals surface area contributed by atoms with Crippen molar-refractivity contribution >= 4 is 5.91 Å². The number of carbonyl (C=O) groups is 1. The van der Waals surface area contributed by atoms with E-state index in [1.54, 1.807) is 0 Å². The Morgan fingerprint density at radius 1 is 1.18 bits per heavy atom. The molecule has 2 atom stereocenters. The van der Waals surface area contributed by atoms with E-state index in [4.69, 9.17) is 6.42 Å². The van der Waals surface area contributed by atoms with Crippen LogP contribution in [0, 0.1) is 18.3 Å². The topological polar surface area (TPSA) is 41.1 Å². The van der Waals surface area contributed by atoms with Crippen LogP contribution in [0.2, 0.25) is 0 Å². The zero-order valence-corrected chi connectivity index (χ0v) is 14.1. The number of amides is 1. The first-order valence-corrected chi connectivity index (χ1v) is 8.03. The van der Waals surface area contributed by atoms with Gasteiger partial charge < -0.3 is 10.6 Å². The fourth-order valence-corrected chi connectivity index (χ4v) is 2.42. The molecule has 0 aliphatic heterocycles. The molecule has 0 radical (unpaired) electrons. The van der Waals surface area contributed by atoms with Gasteiger partial charge in [-0.2, -0.15) is 0 Å². The molecule has 0 spiro atoms. The van der Waals surface area contributed by atoms with Gasteiger partial charge in [-0.05, 0) is 29.4 Å². The largest absolute Gasteiger partial charge is 0.344 e. The van der Waals surface area contributed by atoms with Gasteiger partial charge >= 0.3 is 0 Å². The Labute approximate surface area is 134 Å². The molecular weight excluding hydrogens is 272 g/mol. The molecule has 0 saturated heterocycles. The Hall–Kier alpha value is -1.79. The Morgan fingerprint density at radius 3 is 2.27 bits per heavy atom. The van der Waals surface area contributed by atoms with E-state index in [9.17, 15) is 4.79 Å². The summed E-state index contributed by atoms with van der Waals surface area (Å²) in [6.07, 6.45) is 6.28. The maximum Gasteiger partial charge on any atom is 0.234 e. The monoisotopic (exact) mass is 300 g/mol. The minimum atomic E-state index is -0.0696. The van der Waals surface area contributed by atoms with E-state index in [1.807, 2.05) is 0 Å². The maximum absolute atomic E-state index is 11.7. The molecule has 2 N–H and O–H groups in total. The number of hydrogen-bond acceptors (Lipinski definition) is 2.